The standard InChI is InChI=1S/C21H20F2N2O2S/c1-4-15-11-20(27-18-8-5-13(2)9-19(18)26-3)25-21(24-15)28-12-14-6-7-16(22)17(23)10-14/h5-11H,4,12H2,1-3H3. The van der Waals surface area contributed by atoms with Gasteiger partial charge in [-0.15, -0.1) is 0 Å². The maximum absolute atomic E-state index is 13.4. The number of methoxy groups -OCH3 is 1. The molecule has 0 N–H and O–H groups in total. The monoisotopic (exact) mass is 402 g/mol. The van der Waals surface area contributed by atoms with E-state index < -0.39 is 11.6 Å². The molecule has 0 amide bonds. The number of nitrogens with zero attached hydrogens (tertiary/aromatic N) is 2. The molecule has 3 rings (SSSR count). The fourth-order valence-corrected chi connectivity index (χ4v) is 3.31. The molecule has 0 aliphatic carbocycles. The minimum atomic E-state index is -0.864. The van der Waals surface area contributed by atoms with E-state index in [1.54, 1.807) is 19.2 Å². The number of hydrogen-bond acceptors (Lipinski definition) is 5. The summed E-state index contributed by atoms with van der Waals surface area (Å²) in [5, 5.41) is 0.505. The van der Waals surface area contributed by atoms with Crippen LogP contribution in [0.15, 0.2) is 47.6 Å². The van der Waals surface area contributed by atoms with Gasteiger partial charge in [0.2, 0.25) is 5.88 Å². The van der Waals surface area contributed by atoms with Crippen molar-refractivity contribution >= 4 is 11.8 Å². The summed E-state index contributed by atoms with van der Waals surface area (Å²) in [6, 6.07) is 11.3. The first-order valence-corrected chi connectivity index (χ1v) is 9.74. The lowest BCUT2D eigenvalue weighted by Crippen LogP contribution is -1.99. The minimum absolute atomic E-state index is 0.404. The van der Waals surface area contributed by atoms with Crippen molar-refractivity contribution in [2.75, 3.05) is 7.11 Å². The van der Waals surface area contributed by atoms with Crippen molar-refractivity contribution < 1.29 is 18.3 Å². The molecular weight excluding hydrogens is 382 g/mol. The molecule has 0 bridgehead atoms. The first kappa shape index (κ1) is 20.1. The fourth-order valence-electron chi connectivity index (χ4n) is 2.50. The summed E-state index contributed by atoms with van der Waals surface area (Å²) in [5.41, 5.74) is 2.53. The van der Waals surface area contributed by atoms with Gasteiger partial charge in [0.15, 0.2) is 28.3 Å². The highest BCUT2D eigenvalue weighted by molar-refractivity contribution is 7.98. The third kappa shape index (κ3) is 4.98. The van der Waals surface area contributed by atoms with Crippen LogP contribution in [0.4, 0.5) is 8.78 Å². The van der Waals surface area contributed by atoms with Crippen molar-refractivity contribution in [1.82, 2.24) is 9.97 Å². The lowest BCUT2D eigenvalue weighted by molar-refractivity contribution is 0.372. The second-order valence-corrected chi connectivity index (χ2v) is 7.07. The van der Waals surface area contributed by atoms with Crippen LogP contribution in [0.2, 0.25) is 0 Å². The third-order valence-electron chi connectivity index (χ3n) is 3.98. The summed E-state index contributed by atoms with van der Waals surface area (Å²) in [4.78, 5) is 8.91. The highest BCUT2D eigenvalue weighted by Crippen LogP contribution is 2.32. The number of rotatable bonds is 7. The number of thioether (sulfide) groups is 1. The van der Waals surface area contributed by atoms with Crippen molar-refractivity contribution in [1.29, 1.82) is 0 Å². The lowest BCUT2D eigenvalue weighted by Gasteiger charge is -2.12. The summed E-state index contributed by atoms with van der Waals surface area (Å²) in [6.07, 6.45) is 0.711. The lowest BCUT2D eigenvalue weighted by atomic mass is 10.2. The van der Waals surface area contributed by atoms with Gasteiger partial charge in [-0.05, 0) is 48.7 Å². The molecule has 0 atom stereocenters. The molecule has 3 aromatic rings. The normalized spacial score (nSPS) is 10.8. The SMILES string of the molecule is CCc1cc(Oc2ccc(C)cc2OC)nc(SCc2ccc(F)c(F)c2)n1. The van der Waals surface area contributed by atoms with Gasteiger partial charge in [0, 0.05) is 17.5 Å². The van der Waals surface area contributed by atoms with Gasteiger partial charge in [-0.25, -0.2) is 13.8 Å². The van der Waals surface area contributed by atoms with Crippen molar-refractivity contribution in [3.63, 3.8) is 0 Å². The summed E-state index contributed by atoms with van der Waals surface area (Å²) in [5.74, 6) is 0.273. The Morgan fingerprint density at radius 3 is 2.50 bits per heavy atom. The molecule has 0 spiro atoms. The summed E-state index contributed by atoms with van der Waals surface area (Å²) < 4.78 is 37.8. The van der Waals surface area contributed by atoms with Crippen molar-refractivity contribution in [3.05, 3.63) is 70.9 Å². The second-order valence-electron chi connectivity index (χ2n) is 6.13. The van der Waals surface area contributed by atoms with Crippen LogP contribution < -0.4 is 9.47 Å². The predicted octanol–water partition coefficient (Wildman–Crippen LogP) is 5.72. The number of aromatic nitrogens is 2. The summed E-state index contributed by atoms with van der Waals surface area (Å²) in [7, 11) is 1.59. The molecule has 0 fully saturated rings. The van der Waals surface area contributed by atoms with E-state index in [4.69, 9.17) is 9.47 Å². The molecule has 7 heteroatoms. The molecule has 0 aliphatic rings. The maximum Gasteiger partial charge on any atom is 0.223 e. The molecule has 28 heavy (non-hydrogen) atoms. The molecule has 0 radical (unpaired) electrons. The maximum atomic E-state index is 13.4. The second kappa shape index (κ2) is 9.01. The average Bonchev–Trinajstić information content (AvgIpc) is 2.70. The average molecular weight is 402 g/mol. The fraction of sp³-hybridized carbons (Fsp3) is 0.238. The molecule has 0 saturated heterocycles. The Labute approximate surface area is 166 Å². The molecule has 0 unspecified atom stereocenters. The van der Waals surface area contributed by atoms with E-state index in [9.17, 15) is 8.78 Å². The highest BCUT2D eigenvalue weighted by atomic mass is 32.2. The Kier molecular flexibility index (Phi) is 6.46. The number of halogens is 2. The highest BCUT2D eigenvalue weighted by Gasteiger charge is 2.11. The minimum Gasteiger partial charge on any atom is -0.493 e. The Bertz CT molecular complexity index is 983. The molecule has 146 valence electrons. The van der Waals surface area contributed by atoms with Crippen LogP contribution >= 0.6 is 11.8 Å². The zero-order valence-electron chi connectivity index (χ0n) is 15.8. The molecule has 1 aromatic heterocycles. The molecule has 4 nitrogen and oxygen atoms in total. The van der Waals surface area contributed by atoms with E-state index >= 15 is 0 Å². The predicted molar refractivity (Wildman–Crippen MR) is 105 cm³/mol. The zero-order chi connectivity index (χ0) is 20.1. The number of aryl methyl sites for hydroxylation is 2. The summed E-state index contributed by atoms with van der Waals surface area (Å²) in [6.45, 7) is 3.96. The molecule has 0 aliphatic heterocycles. The van der Waals surface area contributed by atoms with Gasteiger partial charge in [0.1, 0.15) is 0 Å². The van der Waals surface area contributed by atoms with Crippen LogP contribution in [0.3, 0.4) is 0 Å². The van der Waals surface area contributed by atoms with E-state index in [-0.39, 0.29) is 0 Å². The first-order valence-electron chi connectivity index (χ1n) is 8.75. The van der Waals surface area contributed by atoms with Gasteiger partial charge >= 0.3 is 0 Å². The largest absolute Gasteiger partial charge is 0.493 e. The number of hydrogen-bond donors (Lipinski definition) is 0. The zero-order valence-corrected chi connectivity index (χ0v) is 16.6. The topological polar surface area (TPSA) is 44.2 Å². The Hall–Kier alpha value is -2.67. The van der Waals surface area contributed by atoms with E-state index in [2.05, 4.69) is 9.97 Å². The summed E-state index contributed by atoms with van der Waals surface area (Å²) >= 11 is 1.33. The molecular formula is C21H20F2N2O2S. The van der Waals surface area contributed by atoms with Gasteiger partial charge in [0.25, 0.3) is 0 Å². The molecule has 1 heterocycles. The quantitative estimate of drug-likeness (QED) is 0.374. The van der Waals surface area contributed by atoms with Gasteiger partial charge < -0.3 is 9.47 Å². The van der Waals surface area contributed by atoms with E-state index in [1.165, 1.54) is 17.8 Å². The van der Waals surface area contributed by atoms with Crippen LogP contribution in [0, 0.1) is 18.6 Å². The van der Waals surface area contributed by atoms with Crippen LogP contribution in [0.1, 0.15) is 23.7 Å². The number of benzene rings is 2. The van der Waals surface area contributed by atoms with Crippen LogP contribution in [0.5, 0.6) is 17.4 Å². The Morgan fingerprint density at radius 1 is 0.964 bits per heavy atom. The van der Waals surface area contributed by atoms with Crippen LogP contribution in [-0.2, 0) is 12.2 Å². The van der Waals surface area contributed by atoms with Gasteiger partial charge in [-0.1, -0.05) is 30.8 Å². The van der Waals surface area contributed by atoms with Crippen molar-refractivity contribution in [3.8, 4) is 17.4 Å². The van der Waals surface area contributed by atoms with E-state index in [1.807, 2.05) is 32.0 Å². The smallest absolute Gasteiger partial charge is 0.223 e. The van der Waals surface area contributed by atoms with Crippen LogP contribution in [0.25, 0.3) is 0 Å². The number of ether oxygens (including phenoxy) is 2. The van der Waals surface area contributed by atoms with Gasteiger partial charge in [0.05, 0.1) is 7.11 Å². The third-order valence-corrected chi connectivity index (χ3v) is 4.90. The van der Waals surface area contributed by atoms with Crippen molar-refractivity contribution in [2.45, 2.75) is 31.2 Å². The van der Waals surface area contributed by atoms with E-state index in [0.29, 0.717) is 40.3 Å². The molecule has 0 saturated carbocycles. The van der Waals surface area contributed by atoms with Crippen LogP contribution in [-0.4, -0.2) is 17.1 Å². The molecule has 2 aromatic carbocycles. The Balaban J connectivity index is 1.80. The van der Waals surface area contributed by atoms with E-state index in [0.717, 1.165) is 17.3 Å². The first-order chi connectivity index (χ1) is 13.5. The Morgan fingerprint density at radius 2 is 1.79 bits per heavy atom. The van der Waals surface area contributed by atoms with Gasteiger partial charge in [-0.2, -0.15) is 4.98 Å². The van der Waals surface area contributed by atoms with Crippen molar-refractivity contribution in [2.24, 2.45) is 0 Å². The van der Waals surface area contributed by atoms with Gasteiger partial charge in [-0.3, -0.25) is 0 Å².